The van der Waals surface area contributed by atoms with Crippen LogP contribution in [0.3, 0.4) is 0 Å². The molecule has 0 radical (unpaired) electrons. The maximum Gasteiger partial charge on any atom is 0.295 e. The van der Waals surface area contributed by atoms with Gasteiger partial charge in [0, 0.05) is 0 Å². The molecule has 0 saturated carbocycles. The summed E-state index contributed by atoms with van der Waals surface area (Å²) in [6.45, 7) is 0. The van der Waals surface area contributed by atoms with E-state index in [0.29, 0.717) is 4.47 Å². The molecule has 1 aromatic heterocycles. The zero-order valence-corrected chi connectivity index (χ0v) is 5.86. The normalized spacial score (nSPS) is 10.7. The van der Waals surface area contributed by atoms with Crippen molar-refractivity contribution >= 4 is 15.9 Å². The third-order valence-electron chi connectivity index (χ3n) is 0.803. The van der Waals surface area contributed by atoms with Crippen LogP contribution in [0.15, 0.2) is 21.2 Å². The molecule has 0 aliphatic heterocycles. The van der Waals surface area contributed by atoms with Crippen LogP contribution in [0.2, 0.25) is 0 Å². The molecular formula is C5H3BrF2O. The first-order valence-corrected chi connectivity index (χ1v) is 3.01. The summed E-state index contributed by atoms with van der Waals surface area (Å²) in [6, 6.07) is 1.24. The highest BCUT2D eigenvalue weighted by Gasteiger charge is 2.10. The Morgan fingerprint density at radius 2 is 2.22 bits per heavy atom. The van der Waals surface area contributed by atoms with Gasteiger partial charge in [0.1, 0.15) is 6.26 Å². The van der Waals surface area contributed by atoms with Crippen molar-refractivity contribution < 1.29 is 13.2 Å². The summed E-state index contributed by atoms with van der Waals surface area (Å²) in [5, 5.41) is 0. The van der Waals surface area contributed by atoms with Crippen LogP contribution in [0.4, 0.5) is 8.78 Å². The van der Waals surface area contributed by atoms with Crippen molar-refractivity contribution in [2.75, 3.05) is 0 Å². The molecule has 0 N–H and O–H groups in total. The fourth-order valence-electron chi connectivity index (χ4n) is 0.443. The second-order valence-electron chi connectivity index (χ2n) is 1.47. The zero-order valence-electron chi connectivity index (χ0n) is 4.27. The molecule has 9 heavy (non-hydrogen) atoms. The molecular weight excluding hydrogens is 194 g/mol. The number of furan rings is 1. The second-order valence-corrected chi connectivity index (χ2v) is 2.38. The Kier molecular flexibility index (Phi) is 1.85. The fourth-order valence-corrected chi connectivity index (χ4v) is 0.762. The standard InChI is InChI=1S/C5H3BrF2O/c6-3-1-4(5(7)8)9-2-3/h1-2,5H. The zero-order chi connectivity index (χ0) is 6.85. The summed E-state index contributed by atoms with van der Waals surface area (Å²) in [4.78, 5) is 0. The largest absolute Gasteiger partial charge is 0.462 e. The fraction of sp³-hybridized carbons (Fsp3) is 0.200. The van der Waals surface area contributed by atoms with Crippen molar-refractivity contribution in [1.29, 1.82) is 0 Å². The third-order valence-corrected chi connectivity index (χ3v) is 1.22. The van der Waals surface area contributed by atoms with Crippen LogP contribution in [-0.4, -0.2) is 0 Å². The van der Waals surface area contributed by atoms with Crippen molar-refractivity contribution in [1.82, 2.24) is 0 Å². The van der Waals surface area contributed by atoms with Crippen LogP contribution in [0.1, 0.15) is 12.2 Å². The highest BCUT2D eigenvalue weighted by molar-refractivity contribution is 9.10. The van der Waals surface area contributed by atoms with E-state index in [4.69, 9.17) is 0 Å². The molecule has 0 aromatic carbocycles. The van der Waals surface area contributed by atoms with E-state index in [0.717, 1.165) is 0 Å². The topological polar surface area (TPSA) is 13.1 Å². The van der Waals surface area contributed by atoms with Crippen LogP contribution in [0, 0.1) is 0 Å². The summed E-state index contributed by atoms with van der Waals surface area (Å²) >= 11 is 2.97. The first-order valence-electron chi connectivity index (χ1n) is 2.22. The molecule has 1 heterocycles. The van der Waals surface area contributed by atoms with Gasteiger partial charge in [0.15, 0.2) is 5.76 Å². The number of halogens is 3. The highest BCUT2D eigenvalue weighted by atomic mass is 79.9. The lowest BCUT2D eigenvalue weighted by molar-refractivity contribution is 0.122. The Hall–Kier alpha value is -0.380. The monoisotopic (exact) mass is 196 g/mol. The average molecular weight is 197 g/mol. The molecule has 0 unspecified atom stereocenters. The quantitative estimate of drug-likeness (QED) is 0.674. The van der Waals surface area contributed by atoms with Gasteiger partial charge in [-0.1, -0.05) is 0 Å². The van der Waals surface area contributed by atoms with Gasteiger partial charge in [-0.05, 0) is 22.0 Å². The van der Waals surface area contributed by atoms with Crippen LogP contribution in [0.5, 0.6) is 0 Å². The van der Waals surface area contributed by atoms with Crippen molar-refractivity contribution in [2.45, 2.75) is 6.43 Å². The van der Waals surface area contributed by atoms with Crippen LogP contribution >= 0.6 is 15.9 Å². The van der Waals surface area contributed by atoms with E-state index in [1.165, 1.54) is 12.3 Å². The lowest BCUT2D eigenvalue weighted by Crippen LogP contribution is -1.74. The van der Waals surface area contributed by atoms with E-state index in [-0.39, 0.29) is 5.76 Å². The van der Waals surface area contributed by atoms with Gasteiger partial charge in [0.2, 0.25) is 0 Å². The van der Waals surface area contributed by atoms with Crippen LogP contribution < -0.4 is 0 Å². The summed E-state index contributed by atoms with van der Waals surface area (Å²) in [5.41, 5.74) is 0. The predicted molar refractivity (Wildman–Crippen MR) is 31.4 cm³/mol. The number of rotatable bonds is 1. The average Bonchev–Trinajstić information content (AvgIpc) is 2.14. The Labute approximate surface area is 58.8 Å². The Morgan fingerprint density at radius 3 is 2.44 bits per heavy atom. The lowest BCUT2D eigenvalue weighted by Gasteiger charge is -1.87. The minimum atomic E-state index is -2.52. The first-order chi connectivity index (χ1) is 4.20. The van der Waals surface area contributed by atoms with Crippen molar-refractivity contribution in [2.24, 2.45) is 0 Å². The minimum Gasteiger partial charge on any atom is -0.462 e. The second kappa shape index (κ2) is 2.47. The maximum absolute atomic E-state index is 11.7. The van der Waals surface area contributed by atoms with Crippen molar-refractivity contribution in [3.63, 3.8) is 0 Å². The van der Waals surface area contributed by atoms with E-state index in [2.05, 4.69) is 20.3 Å². The van der Waals surface area contributed by atoms with E-state index in [1.54, 1.807) is 0 Å². The van der Waals surface area contributed by atoms with Crippen LogP contribution in [-0.2, 0) is 0 Å². The van der Waals surface area contributed by atoms with Crippen molar-refractivity contribution in [3.8, 4) is 0 Å². The molecule has 50 valence electrons. The van der Waals surface area contributed by atoms with E-state index in [1.807, 2.05) is 0 Å². The molecule has 1 aromatic rings. The molecule has 0 bridgehead atoms. The predicted octanol–water partition coefficient (Wildman–Crippen LogP) is 2.98. The molecule has 0 saturated heterocycles. The number of alkyl halides is 2. The molecule has 0 amide bonds. The molecule has 0 atom stereocenters. The van der Waals surface area contributed by atoms with Gasteiger partial charge >= 0.3 is 0 Å². The van der Waals surface area contributed by atoms with Crippen LogP contribution in [0.25, 0.3) is 0 Å². The number of hydrogen-bond donors (Lipinski definition) is 0. The van der Waals surface area contributed by atoms with Gasteiger partial charge in [-0.25, -0.2) is 8.78 Å². The Bertz CT molecular complexity index is 197. The summed E-state index contributed by atoms with van der Waals surface area (Å²) in [7, 11) is 0. The van der Waals surface area contributed by atoms with E-state index >= 15 is 0 Å². The van der Waals surface area contributed by atoms with Gasteiger partial charge in [-0.2, -0.15) is 0 Å². The van der Waals surface area contributed by atoms with Gasteiger partial charge in [-0.15, -0.1) is 0 Å². The van der Waals surface area contributed by atoms with Gasteiger partial charge < -0.3 is 4.42 Å². The van der Waals surface area contributed by atoms with Gasteiger partial charge in [0.05, 0.1) is 4.47 Å². The third kappa shape index (κ3) is 1.51. The van der Waals surface area contributed by atoms with Crippen molar-refractivity contribution in [3.05, 3.63) is 22.6 Å². The van der Waals surface area contributed by atoms with Gasteiger partial charge in [-0.3, -0.25) is 0 Å². The molecule has 0 spiro atoms. The summed E-state index contributed by atoms with van der Waals surface area (Å²) in [5.74, 6) is -0.304. The maximum atomic E-state index is 11.7. The smallest absolute Gasteiger partial charge is 0.295 e. The molecule has 1 rings (SSSR count). The minimum absolute atomic E-state index is 0.304. The Morgan fingerprint density at radius 1 is 1.56 bits per heavy atom. The SMILES string of the molecule is FC(F)c1cc(Br)co1. The highest BCUT2D eigenvalue weighted by Crippen LogP contribution is 2.23. The number of hydrogen-bond acceptors (Lipinski definition) is 1. The Balaban J connectivity index is 2.85. The van der Waals surface area contributed by atoms with E-state index < -0.39 is 6.43 Å². The molecule has 1 nitrogen and oxygen atoms in total. The summed E-state index contributed by atoms with van der Waals surface area (Å²) < 4.78 is 28.3. The first kappa shape index (κ1) is 6.74. The lowest BCUT2D eigenvalue weighted by atomic mass is 10.5. The van der Waals surface area contributed by atoms with E-state index in [9.17, 15) is 8.78 Å². The molecule has 0 fully saturated rings. The molecule has 0 aliphatic carbocycles. The summed E-state index contributed by atoms with van der Waals surface area (Å²) in [6.07, 6.45) is -1.29. The van der Waals surface area contributed by atoms with Gasteiger partial charge in [0.25, 0.3) is 6.43 Å². The molecule has 4 heteroatoms. The molecule has 0 aliphatic rings.